The van der Waals surface area contributed by atoms with Gasteiger partial charge in [0.1, 0.15) is 17.1 Å². The van der Waals surface area contributed by atoms with Crippen LogP contribution in [0.2, 0.25) is 0 Å². The van der Waals surface area contributed by atoms with Gasteiger partial charge < -0.3 is 9.47 Å². The molecule has 0 spiro atoms. The van der Waals surface area contributed by atoms with E-state index in [4.69, 9.17) is 9.47 Å². The summed E-state index contributed by atoms with van der Waals surface area (Å²) in [4.78, 5) is 66.2. The SMILES string of the molecule is COc1ccc(/C=C2/C(=O)NC(=O)N(c3ccccc3OC)C2=O)cc1CN1C(=O)c2ccccc2C1=O. The molecule has 10 nitrogen and oxygen atoms in total. The van der Waals surface area contributed by atoms with Gasteiger partial charge in [-0.1, -0.05) is 30.3 Å². The van der Waals surface area contributed by atoms with Gasteiger partial charge in [0.2, 0.25) is 0 Å². The van der Waals surface area contributed by atoms with Gasteiger partial charge in [0.05, 0.1) is 37.6 Å². The average Bonchev–Trinajstić information content (AvgIpc) is 3.16. The molecule has 3 aromatic carbocycles. The maximum atomic E-state index is 13.3. The Kier molecular flexibility index (Phi) is 6.21. The Balaban J connectivity index is 1.49. The van der Waals surface area contributed by atoms with Gasteiger partial charge in [-0.05, 0) is 48.0 Å². The van der Waals surface area contributed by atoms with E-state index in [0.717, 1.165) is 9.80 Å². The molecule has 0 bridgehead atoms. The molecule has 2 heterocycles. The van der Waals surface area contributed by atoms with Gasteiger partial charge in [-0.2, -0.15) is 0 Å². The summed E-state index contributed by atoms with van der Waals surface area (Å²) < 4.78 is 10.7. The number of fused-ring (bicyclic) bond motifs is 1. The fraction of sp³-hybridized carbons (Fsp3) is 0.107. The Bertz CT molecular complexity index is 1520. The summed E-state index contributed by atoms with van der Waals surface area (Å²) in [7, 11) is 2.86. The van der Waals surface area contributed by atoms with Crippen molar-refractivity contribution in [3.8, 4) is 11.5 Å². The summed E-state index contributed by atoms with van der Waals surface area (Å²) in [5, 5.41) is 2.18. The first-order chi connectivity index (χ1) is 18.3. The average molecular weight is 511 g/mol. The molecule has 1 N–H and O–H groups in total. The maximum Gasteiger partial charge on any atom is 0.336 e. The monoisotopic (exact) mass is 511 g/mol. The van der Waals surface area contributed by atoms with Gasteiger partial charge in [0.15, 0.2) is 0 Å². The number of rotatable bonds is 6. The number of nitrogens with one attached hydrogen (secondary N) is 1. The zero-order valence-electron chi connectivity index (χ0n) is 20.4. The molecule has 0 unspecified atom stereocenters. The number of methoxy groups -OCH3 is 2. The van der Waals surface area contributed by atoms with Gasteiger partial charge in [0, 0.05) is 5.56 Å². The van der Waals surface area contributed by atoms with E-state index in [1.54, 1.807) is 60.7 Å². The first-order valence-electron chi connectivity index (χ1n) is 11.5. The molecule has 10 heteroatoms. The third kappa shape index (κ3) is 4.07. The number of urea groups is 1. The highest BCUT2D eigenvalue weighted by Gasteiger charge is 2.38. The molecular formula is C28H21N3O7. The predicted molar refractivity (Wildman–Crippen MR) is 136 cm³/mol. The maximum absolute atomic E-state index is 13.3. The molecule has 1 saturated heterocycles. The molecule has 0 saturated carbocycles. The van der Waals surface area contributed by atoms with Crippen molar-refractivity contribution in [1.29, 1.82) is 0 Å². The standard InChI is InChI=1S/C28H21N3O7/c1-37-22-12-11-16(13-17(22)15-30-25(33)18-7-3-4-8-19(18)26(30)34)14-20-24(32)29-28(36)31(27(20)35)21-9-5-6-10-23(21)38-2/h3-14H,15H2,1-2H3,(H,29,32,36)/b20-14-. The Morgan fingerprint density at radius 2 is 1.39 bits per heavy atom. The highest BCUT2D eigenvalue weighted by atomic mass is 16.5. The number of amides is 6. The summed E-state index contributed by atoms with van der Waals surface area (Å²) in [5.41, 5.74) is 1.44. The van der Waals surface area contributed by atoms with Crippen LogP contribution in [0.5, 0.6) is 11.5 Å². The minimum absolute atomic E-state index is 0.0848. The topological polar surface area (TPSA) is 122 Å². The molecule has 0 aliphatic carbocycles. The number of nitrogens with zero attached hydrogens (tertiary/aromatic N) is 2. The summed E-state index contributed by atoms with van der Waals surface area (Å²) in [6, 6.07) is 16.9. The van der Waals surface area contributed by atoms with Gasteiger partial charge in [0.25, 0.3) is 23.6 Å². The van der Waals surface area contributed by atoms with E-state index in [2.05, 4.69) is 5.32 Å². The fourth-order valence-electron chi connectivity index (χ4n) is 4.42. The van der Waals surface area contributed by atoms with Gasteiger partial charge in [-0.25, -0.2) is 9.69 Å². The van der Waals surface area contributed by atoms with Gasteiger partial charge in [-0.15, -0.1) is 0 Å². The molecule has 3 aromatic rings. The molecular weight excluding hydrogens is 490 g/mol. The normalized spacial score (nSPS) is 16.2. The van der Waals surface area contributed by atoms with E-state index in [1.807, 2.05) is 0 Å². The quantitative estimate of drug-likeness (QED) is 0.306. The molecule has 2 aliphatic heterocycles. The zero-order valence-corrected chi connectivity index (χ0v) is 20.4. The first kappa shape index (κ1) is 24.4. The largest absolute Gasteiger partial charge is 0.496 e. The number of para-hydroxylation sites is 2. The lowest BCUT2D eigenvalue weighted by Crippen LogP contribution is -2.54. The summed E-state index contributed by atoms with van der Waals surface area (Å²) >= 11 is 0. The Morgan fingerprint density at radius 1 is 0.763 bits per heavy atom. The van der Waals surface area contributed by atoms with Crippen LogP contribution in [0.15, 0.2) is 72.3 Å². The Hall–Kier alpha value is -5.25. The van der Waals surface area contributed by atoms with Crippen LogP contribution in [-0.2, 0) is 16.1 Å². The smallest absolute Gasteiger partial charge is 0.336 e. The first-order valence-corrected chi connectivity index (χ1v) is 11.5. The number of anilines is 1. The van der Waals surface area contributed by atoms with Crippen molar-refractivity contribution < 1.29 is 33.4 Å². The van der Waals surface area contributed by atoms with E-state index in [9.17, 15) is 24.0 Å². The highest BCUT2D eigenvalue weighted by Crippen LogP contribution is 2.32. The van der Waals surface area contributed by atoms with E-state index in [1.165, 1.54) is 26.4 Å². The van der Waals surface area contributed by atoms with Crippen LogP contribution in [0.4, 0.5) is 10.5 Å². The molecule has 6 amide bonds. The Labute approximate surface area is 217 Å². The van der Waals surface area contributed by atoms with Crippen molar-refractivity contribution in [2.45, 2.75) is 6.54 Å². The van der Waals surface area contributed by atoms with E-state index in [-0.39, 0.29) is 23.6 Å². The Morgan fingerprint density at radius 3 is 2.05 bits per heavy atom. The number of hydrogen-bond donors (Lipinski definition) is 1. The molecule has 38 heavy (non-hydrogen) atoms. The minimum Gasteiger partial charge on any atom is -0.496 e. The molecule has 190 valence electrons. The summed E-state index contributed by atoms with van der Waals surface area (Å²) in [5.74, 6) is -1.86. The van der Waals surface area contributed by atoms with Gasteiger partial charge >= 0.3 is 6.03 Å². The lowest BCUT2D eigenvalue weighted by molar-refractivity contribution is -0.122. The summed E-state index contributed by atoms with van der Waals surface area (Å²) in [6.07, 6.45) is 1.33. The second kappa shape index (κ2) is 9.66. The summed E-state index contributed by atoms with van der Waals surface area (Å²) in [6.45, 7) is -0.0848. The molecule has 0 radical (unpaired) electrons. The van der Waals surface area contributed by atoms with E-state index < -0.39 is 29.7 Å². The zero-order chi connectivity index (χ0) is 27.0. The molecule has 5 rings (SSSR count). The van der Waals surface area contributed by atoms with E-state index in [0.29, 0.717) is 28.0 Å². The number of ether oxygens (including phenoxy) is 2. The third-order valence-corrected chi connectivity index (χ3v) is 6.25. The lowest BCUT2D eigenvalue weighted by atomic mass is 10.0. The van der Waals surface area contributed by atoms with Crippen LogP contribution in [0.1, 0.15) is 31.8 Å². The van der Waals surface area contributed by atoms with Crippen molar-refractivity contribution >= 4 is 41.4 Å². The van der Waals surface area contributed by atoms with Crippen molar-refractivity contribution in [2.24, 2.45) is 0 Å². The predicted octanol–water partition coefficient (Wildman–Crippen LogP) is 3.17. The van der Waals surface area contributed by atoms with Crippen LogP contribution in [0.3, 0.4) is 0 Å². The van der Waals surface area contributed by atoms with Crippen molar-refractivity contribution in [3.05, 3.63) is 94.6 Å². The van der Waals surface area contributed by atoms with Crippen molar-refractivity contribution in [3.63, 3.8) is 0 Å². The second-order valence-corrected chi connectivity index (χ2v) is 8.44. The number of barbiturate groups is 1. The second-order valence-electron chi connectivity index (χ2n) is 8.44. The number of carbonyl (C=O) groups excluding carboxylic acids is 5. The van der Waals surface area contributed by atoms with Crippen LogP contribution < -0.4 is 19.7 Å². The van der Waals surface area contributed by atoms with E-state index >= 15 is 0 Å². The molecule has 0 atom stereocenters. The van der Waals surface area contributed by atoms with Crippen LogP contribution in [0.25, 0.3) is 6.08 Å². The number of imide groups is 3. The highest BCUT2D eigenvalue weighted by molar-refractivity contribution is 6.39. The molecule has 2 aliphatic rings. The minimum atomic E-state index is -0.900. The van der Waals surface area contributed by atoms with Crippen molar-refractivity contribution in [1.82, 2.24) is 10.2 Å². The van der Waals surface area contributed by atoms with Crippen LogP contribution in [0, 0.1) is 0 Å². The third-order valence-electron chi connectivity index (χ3n) is 6.25. The number of hydrogen-bond acceptors (Lipinski definition) is 7. The van der Waals surface area contributed by atoms with Gasteiger partial charge in [-0.3, -0.25) is 29.4 Å². The molecule has 1 fully saturated rings. The number of carbonyl (C=O) groups is 5. The fourth-order valence-corrected chi connectivity index (χ4v) is 4.42. The molecule has 0 aromatic heterocycles. The number of benzene rings is 3. The van der Waals surface area contributed by atoms with Crippen LogP contribution in [-0.4, -0.2) is 48.8 Å². The van der Waals surface area contributed by atoms with Crippen molar-refractivity contribution in [2.75, 3.05) is 19.1 Å². The van der Waals surface area contributed by atoms with Crippen LogP contribution >= 0.6 is 0 Å². The lowest BCUT2D eigenvalue weighted by Gasteiger charge is -2.27.